The van der Waals surface area contributed by atoms with E-state index in [9.17, 15) is 4.79 Å². The van der Waals surface area contributed by atoms with E-state index in [2.05, 4.69) is 4.90 Å². The highest BCUT2D eigenvalue weighted by molar-refractivity contribution is 6.30. The van der Waals surface area contributed by atoms with E-state index in [4.69, 9.17) is 31.0 Å². The number of carbonyl (C=O) groups excluding carboxylic acids is 1. The lowest BCUT2D eigenvalue weighted by atomic mass is 10.0. The van der Waals surface area contributed by atoms with Crippen LogP contribution in [-0.2, 0) is 6.42 Å². The van der Waals surface area contributed by atoms with Gasteiger partial charge in [0.1, 0.15) is 17.3 Å². The summed E-state index contributed by atoms with van der Waals surface area (Å²) in [6, 6.07) is 23.2. The van der Waals surface area contributed by atoms with Gasteiger partial charge in [-0.15, -0.1) is 0 Å². The zero-order valence-electron chi connectivity index (χ0n) is 22.4. The molecule has 0 atom stereocenters. The Bertz CT molecular complexity index is 1430. The summed E-state index contributed by atoms with van der Waals surface area (Å²) in [5, 5.41) is 0.709. The van der Waals surface area contributed by atoms with Crippen molar-refractivity contribution in [2.45, 2.75) is 13.3 Å². The second-order valence-electron chi connectivity index (χ2n) is 9.48. The first-order valence-corrected chi connectivity index (χ1v) is 13.3. The van der Waals surface area contributed by atoms with Crippen molar-refractivity contribution in [3.63, 3.8) is 0 Å². The fourth-order valence-corrected chi connectivity index (χ4v) is 4.93. The molecule has 200 valence electrons. The minimum Gasteiger partial charge on any atom is -0.497 e. The van der Waals surface area contributed by atoms with E-state index < -0.39 is 0 Å². The van der Waals surface area contributed by atoms with Crippen LogP contribution in [0.1, 0.15) is 27.2 Å². The minimum absolute atomic E-state index is 0.0444. The predicted molar refractivity (Wildman–Crippen MR) is 154 cm³/mol. The number of aromatic nitrogens is 2. The van der Waals surface area contributed by atoms with Crippen LogP contribution < -0.4 is 14.4 Å². The predicted octanol–water partition coefficient (Wildman–Crippen LogP) is 5.68. The number of piperazine rings is 1. The molecule has 0 radical (unpaired) electrons. The molecule has 4 aromatic rings. The van der Waals surface area contributed by atoms with Gasteiger partial charge in [0.15, 0.2) is 5.82 Å². The number of amides is 1. The number of benzene rings is 3. The summed E-state index contributed by atoms with van der Waals surface area (Å²) >= 11 is 6.13. The number of halogens is 1. The van der Waals surface area contributed by atoms with Gasteiger partial charge in [0, 0.05) is 66.1 Å². The van der Waals surface area contributed by atoms with Crippen LogP contribution >= 0.6 is 11.6 Å². The number of hydrogen-bond acceptors (Lipinski definition) is 6. The van der Waals surface area contributed by atoms with Crippen LogP contribution in [0.5, 0.6) is 11.5 Å². The largest absolute Gasteiger partial charge is 0.497 e. The smallest absolute Gasteiger partial charge is 0.254 e. The topological polar surface area (TPSA) is 67.8 Å². The maximum Gasteiger partial charge on any atom is 0.254 e. The molecule has 1 fully saturated rings. The molecule has 0 unspecified atom stereocenters. The lowest BCUT2D eigenvalue weighted by molar-refractivity contribution is 0.0745. The molecule has 0 aliphatic carbocycles. The molecule has 1 amide bonds. The summed E-state index contributed by atoms with van der Waals surface area (Å²) in [5.74, 6) is 2.75. The summed E-state index contributed by atoms with van der Waals surface area (Å²) in [6.45, 7) is 4.50. The molecular formula is C31H31ClN4O3. The Morgan fingerprint density at radius 3 is 2.13 bits per heavy atom. The maximum atomic E-state index is 13.4. The average Bonchev–Trinajstić information content (AvgIpc) is 2.99. The molecular weight excluding hydrogens is 512 g/mol. The Balaban J connectivity index is 1.42. The number of nitrogens with zero attached hydrogens (tertiary/aromatic N) is 4. The van der Waals surface area contributed by atoms with Gasteiger partial charge < -0.3 is 19.3 Å². The molecule has 1 saturated heterocycles. The first-order valence-electron chi connectivity index (χ1n) is 12.9. The molecule has 39 heavy (non-hydrogen) atoms. The van der Waals surface area contributed by atoms with Gasteiger partial charge >= 0.3 is 0 Å². The van der Waals surface area contributed by atoms with Gasteiger partial charge in [0.2, 0.25) is 0 Å². The molecule has 1 aliphatic heterocycles. The van der Waals surface area contributed by atoms with Crippen molar-refractivity contribution in [2.24, 2.45) is 0 Å². The summed E-state index contributed by atoms with van der Waals surface area (Å²) in [7, 11) is 3.16. The van der Waals surface area contributed by atoms with Crippen molar-refractivity contribution in [2.75, 3.05) is 45.3 Å². The molecule has 1 aliphatic rings. The van der Waals surface area contributed by atoms with Crippen LogP contribution in [-0.4, -0.2) is 61.2 Å². The Morgan fingerprint density at radius 1 is 0.872 bits per heavy atom. The van der Waals surface area contributed by atoms with Gasteiger partial charge in [0.05, 0.1) is 14.2 Å². The van der Waals surface area contributed by atoms with Crippen molar-refractivity contribution >= 4 is 23.3 Å². The second-order valence-corrected chi connectivity index (χ2v) is 9.92. The molecule has 0 spiro atoms. The monoisotopic (exact) mass is 542 g/mol. The van der Waals surface area contributed by atoms with Crippen LogP contribution in [0.3, 0.4) is 0 Å². The number of aryl methyl sites for hydroxylation is 1. The first-order chi connectivity index (χ1) is 18.9. The Hall–Kier alpha value is -4.10. The Labute approximate surface area is 234 Å². The van der Waals surface area contributed by atoms with E-state index in [1.807, 2.05) is 66.4 Å². The highest BCUT2D eigenvalue weighted by atomic mass is 35.5. The molecule has 8 heteroatoms. The standard InChI is InChI=1S/C31H31ClN4O3/c1-21-28(17-22-9-11-25(32)12-10-22)30(34-29(33-21)23-7-5-4-6-8-23)35-13-15-36(16-14-35)31(37)24-18-26(38-2)20-27(19-24)39-3/h4-12,18-20H,13-17H2,1-3H3. The minimum atomic E-state index is -0.0444. The number of anilines is 1. The van der Waals surface area contributed by atoms with Gasteiger partial charge in [-0.05, 0) is 36.8 Å². The number of hydrogen-bond donors (Lipinski definition) is 0. The first kappa shape index (κ1) is 26.5. The van der Waals surface area contributed by atoms with Gasteiger partial charge in [0.25, 0.3) is 5.91 Å². The van der Waals surface area contributed by atoms with Crippen LogP contribution in [0.2, 0.25) is 5.02 Å². The third-order valence-electron chi connectivity index (χ3n) is 6.98. The highest BCUT2D eigenvalue weighted by Gasteiger charge is 2.26. The molecule has 2 heterocycles. The molecule has 0 saturated carbocycles. The van der Waals surface area contributed by atoms with Crippen LogP contribution in [0.25, 0.3) is 11.4 Å². The van der Waals surface area contributed by atoms with Crippen molar-refractivity contribution in [3.05, 3.63) is 100 Å². The lowest BCUT2D eigenvalue weighted by Crippen LogP contribution is -2.49. The number of rotatable bonds is 7. The van der Waals surface area contributed by atoms with E-state index in [0.717, 1.165) is 28.2 Å². The lowest BCUT2D eigenvalue weighted by Gasteiger charge is -2.36. The van der Waals surface area contributed by atoms with E-state index in [1.165, 1.54) is 0 Å². The third-order valence-corrected chi connectivity index (χ3v) is 7.23. The SMILES string of the molecule is COc1cc(OC)cc(C(=O)N2CCN(c3nc(-c4ccccc4)nc(C)c3Cc3ccc(Cl)cc3)CC2)c1. The molecule has 3 aromatic carbocycles. The average molecular weight is 543 g/mol. The van der Waals surface area contributed by atoms with Crippen LogP contribution in [0.15, 0.2) is 72.8 Å². The number of carbonyl (C=O) groups is 1. The van der Waals surface area contributed by atoms with Gasteiger partial charge in [-0.3, -0.25) is 4.79 Å². The summed E-state index contributed by atoms with van der Waals surface area (Å²) in [5.41, 5.74) is 4.68. The van der Waals surface area contributed by atoms with Gasteiger partial charge in [-0.2, -0.15) is 0 Å². The maximum absolute atomic E-state index is 13.4. The fraction of sp³-hybridized carbons (Fsp3) is 0.258. The zero-order valence-corrected chi connectivity index (χ0v) is 23.1. The highest BCUT2D eigenvalue weighted by Crippen LogP contribution is 2.29. The fourth-order valence-electron chi connectivity index (χ4n) is 4.81. The third kappa shape index (κ3) is 5.99. The number of ether oxygens (including phenoxy) is 2. The van der Waals surface area contributed by atoms with Crippen LogP contribution in [0, 0.1) is 6.92 Å². The Kier molecular flexibility index (Phi) is 7.98. The number of methoxy groups -OCH3 is 2. The normalized spacial score (nSPS) is 13.3. The van der Waals surface area contributed by atoms with Gasteiger partial charge in [-0.1, -0.05) is 54.1 Å². The van der Waals surface area contributed by atoms with E-state index in [-0.39, 0.29) is 5.91 Å². The van der Waals surface area contributed by atoms with Crippen molar-refractivity contribution < 1.29 is 14.3 Å². The van der Waals surface area contributed by atoms with E-state index in [0.29, 0.717) is 60.5 Å². The van der Waals surface area contributed by atoms with Gasteiger partial charge in [-0.25, -0.2) is 9.97 Å². The second kappa shape index (κ2) is 11.7. The molecule has 5 rings (SSSR count). The Morgan fingerprint density at radius 2 is 1.51 bits per heavy atom. The summed E-state index contributed by atoms with van der Waals surface area (Å²) in [6.07, 6.45) is 0.691. The quantitative estimate of drug-likeness (QED) is 0.299. The molecule has 0 bridgehead atoms. The molecule has 0 N–H and O–H groups in total. The van der Waals surface area contributed by atoms with Crippen molar-refractivity contribution in [3.8, 4) is 22.9 Å². The zero-order chi connectivity index (χ0) is 27.4. The molecule has 7 nitrogen and oxygen atoms in total. The van der Waals surface area contributed by atoms with E-state index in [1.54, 1.807) is 32.4 Å². The van der Waals surface area contributed by atoms with Crippen molar-refractivity contribution in [1.82, 2.24) is 14.9 Å². The van der Waals surface area contributed by atoms with Crippen molar-refractivity contribution in [1.29, 1.82) is 0 Å². The molecule has 1 aromatic heterocycles. The summed E-state index contributed by atoms with van der Waals surface area (Å²) < 4.78 is 10.7. The van der Waals surface area contributed by atoms with Crippen LogP contribution in [0.4, 0.5) is 5.82 Å². The van der Waals surface area contributed by atoms with E-state index >= 15 is 0 Å². The summed E-state index contributed by atoms with van der Waals surface area (Å²) in [4.78, 5) is 27.4.